The summed E-state index contributed by atoms with van der Waals surface area (Å²) in [6.07, 6.45) is 11.5. The third-order valence-electron chi connectivity index (χ3n) is 10.4. The fourth-order valence-corrected chi connectivity index (χ4v) is 8.15. The Balaban J connectivity index is 0.000000204. The molecule has 10 nitrogen and oxygen atoms in total. The number of hydrogen-bond acceptors (Lipinski definition) is 8. The van der Waals surface area contributed by atoms with Gasteiger partial charge in [-0.15, -0.1) is 0 Å². The quantitative estimate of drug-likeness (QED) is 0.248. The summed E-state index contributed by atoms with van der Waals surface area (Å²) in [5.41, 5.74) is 1.34. The van der Waals surface area contributed by atoms with Crippen LogP contribution < -0.4 is 0 Å². The molecular weight excluding hydrogens is 759 g/mol. The van der Waals surface area contributed by atoms with Crippen LogP contribution in [0.5, 0.6) is 0 Å². The summed E-state index contributed by atoms with van der Waals surface area (Å²) in [4.78, 5) is 30.2. The predicted molar refractivity (Wildman–Crippen MR) is 201 cm³/mol. The van der Waals surface area contributed by atoms with E-state index in [9.17, 15) is 31.5 Å². The summed E-state index contributed by atoms with van der Waals surface area (Å²) in [5, 5.41) is 10.7. The number of hydrogen-bond donors (Lipinski definition) is 1. The van der Waals surface area contributed by atoms with Crippen LogP contribution in [-0.4, -0.2) is 95.5 Å². The Morgan fingerprint density at radius 1 is 0.725 bits per heavy atom. The van der Waals surface area contributed by atoms with Crippen LogP contribution in [0.1, 0.15) is 75.3 Å². The van der Waals surface area contributed by atoms with Crippen molar-refractivity contribution in [2.24, 2.45) is 11.8 Å². The van der Waals surface area contributed by atoms with Crippen molar-refractivity contribution in [3.05, 3.63) is 69.7 Å². The van der Waals surface area contributed by atoms with Gasteiger partial charge in [-0.3, -0.25) is 13.8 Å². The third-order valence-corrected chi connectivity index (χ3v) is 11.5. The standard InChI is InChI=1S/C18H24ClNO4S.C17H22ClNO2.CH3ClO2S/c1-25(22,23)24-13-14-4-2-11-20(12-14)17(21)18(9-3-10-18)15-5-7-16(19)8-6-15;18-15-6-4-14(5-7-15)17(8-2-9-17)16(21)19-10-1-3-13(11-19)12-20;1-5(2,3)4/h5-8,14H,2-4,9-13H2,1H3;4-7,13,20H,1-3,8-12H2;1H3/t14-;13-;/m11./s1. The summed E-state index contributed by atoms with van der Waals surface area (Å²) in [7, 11) is -2.14. The molecule has 284 valence electrons. The molecule has 2 atom stereocenters. The Morgan fingerprint density at radius 2 is 1.10 bits per heavy atom. The fourth-order valence-electron chi connectivity index (χ4n) is 7.46. The topological polar surface area (TPSA) is 138 Å². The number of halogens is 3. The lowest BCUT2D eigenvalue weighted by molar-refractivity contribution is -0.143. The van der Waals surface area contributed by atoms with Crippen molar-refractivity contribution in [3.8, 4) is 0 Å². The van der Waals surface area contributed by atoms with Crippen molar-refractivity contribution < 1.29 is 35.7 Å². The Bertz CT molecular complexity index is 1690. The Morgan fingerprint density at radius 3 is 1.43 bits per heavy atom. The molecule has 15 heteroatoms. The molecule has 2 saturated heterocycles. The highest BCUT2D eigenvalue weighted by Gasteiger charge is 2.49. The fraction of sp³-hybridized carbons (Fsp3) is 0.611. The predicted octanol–water partition coefficient (Wildman–Crippen LogP) is 6.15. The molecule has 4 aliphatic rings. The minimum Gasteiger partial charge on any atom is -0.396 e. The molecule has 51 heavy (non-hydrogen) atoms. The maximum atomic E-state index is 13.3. The number of nitrogens with zero attached hydrogens (tertiary/aromatic N) is 2. The maximum Gasteiger partial charge on any atom is 0.264 e. The van der Waals surface area contributed by atoms with Gasteiger partial charge in [-0.05, 0) is 92.7 Å². The van der Waals surface area contributed by atoms with Gasteiger partial charge < -0.3 is 14.9 Å². The first-order valence-corrected chi connectivity index (χ1v) is 22.7. The van der Waals surface area contributed by atoms with Crippen molar-refractivity contribution in [2.45, 2.75) is 75.0 Å². The lowest BCUT2D eigenvalue weighted by Gasteiger charge is -2.46. The second-order valence-electron chi connectivity index (χ2n) is 14.3. The van der Waals surface area contributed by atoms with Crippen molar-refractivity contribution in [2.75, 3.05) is 51.9 Å². The van der Waals surface area contributed by atoms with Gasteiger partial charge in [0.2, 0.25) is 20.9 Å². The summed E-state index contributed by atoms with van der Waals surface area (Å²) >= 11 is 11.9. The van der Waals surface area contributed by atoms with Crippen LogP contribution >= 0.6 is 33.9 Å². The molecule has 0 unspecified atom stereocenters. The van der Waals surface area contributed by atoms with E-state index < -0.39 is 24.6 Å². The molecule has 6 rings (SSSR count). The second-order valence-corrected chi connectivity index (χ2v) is 19.8. The zero-order valence-electron chi connectivity index (χ0n) is 29.2. The molecule has 2 amide bonds. The molecule has 2 aliphatic carbocycles. The van der Waals surface area contributed by atoms with Crippen LogP contribution in [0.25, 0.3) is 0 Å². The van der Waals surface area contributed by atoms with Crippen molar-refractivity contribution in [3.63, 3.8) is 0 Å². The van der Waals surface area contributed by atoms with Gasteiger partial charge in [0.25, 0.3) is 10.1 Å². The zero-order valence-corrected chi connectivity index (χ0v) is 33.1. The molecule has 2 heterocycles. The van der Waals surface area contributed by atoms with E-state index in [2.05, 4.69) is 10.7 Å². The normalized spacial score (nSPS) is 22.5. The van der Waals surface area contributed by atoms with Crippen molar-refractivity contribution in [1.29, 1.82) is 0 Å². The molecule has 0 aromatic heterocycles. The molecular formula is C36H49Cl3N2O8S2. The van der Waals surface area contributed by atoms with E-state index in [4.69, 9.17) is 27.4 Å². The number of rotatable bonds is 8. The van der Waals surface area contributed by atoms with E-state index in [0.717, 1.165) is 101 Å². The molecule has 0 spiro atoms. The van der Waals surface area contributed by atoms with Crippen LogP contribution in [0.4, 0.5) is 0 Å². The molecule has 0 radical (unpaired) electrons. The van der Waals surface area contributed by atoms with Crippen LogP contribution in [0.3, 0.4) is 0 Å². The molecule has 2 aliphatic heterocycles. The smallest absolute Gasteiger partial charge is 0.264 e. The first-order chi connectivity index (χ1) is 24.0. The first kappa shape index (κ1) is 41.8. The number of aliphatic hydroxyl groups excluding tert-OH is 1. The van der Waals surface area contributed by atoms with Gasteiger partial charge in [0.05, 0.1) is 29.9 Å². The molecule has 1 N–H and O–H groups in total. The number of carbonyl (C=O) groups excluding carboxylic acids is 2. The van der Waals surface area contributed by atoms with Gasteiger partial charge in [0.15, 0.2) is 0 Å². The van der Waals surface area contributed by atoms with E-state index in [-0.39, 0.29) is 42.3 Å². The van der Waals surface area contributed by atoms with Crippen LogP contribution in [0, 0.1) is 11.8 Å². The highest BCUT2D eigenvalue weighted by atomic mass is 35.7. The third kappa shape index (κ3) is 11.5. The van der Waals surface area contributed by atoms with Gasteiger partial charge in [-0.2, -0.15) is 8.42 Å². The van der Waals surface area contributed by atoms with E-state index in [1.54, 1.807) is 0 Å². The highest BCUT2D eigenvalue weighted by Crippen LogP contribution is 2.47. The van der Waals surface area contributed by atoms with Gasteiger partial charge >= 0.3 is 0 Å². The SMILES string of the molecule is CS(=O)(=O)Cl.CS(=O)(=O)OC[C@@H]1CCCN(C(=O)C2(c3ccc(Cl)cc3)CCC2)C1.O=C(N1CCC[C@@H](CO)C1)C1(c2ccc(Cl)cc2)CCC1. The zero-order chi connectivity index (χ0) is 37.5. The monoisotopic (exact) mass is 806 g/mol. The van der Waals surface area contributed by atoms with Crippen molar-refractivity contribution in [1.82, 2.24) is 9.80 Å². The lowest BCUT2D eigenvalue weighted by atomic mass is 9.63. The first-order valence-electron chi connectivity index (χ1n) is 17.4. The van der Waals surface area contributed by atoms with Gasteiger partial charge in [-0.1, -0.05) is 60.3 Å². The molecule has 2 saturated carbocycles. The van der Waals surface area contributed by atoms with Crippen LogP contribution in [0.15, 0.2) is 48.5 Å². The van der Waals surface area contributed by atoms with E-state index >= 15 is 0 Å². The molecule has 2 aromatic carbocycles. The van der Waals surface area contributed by atoms with Crippen molar-refractivity contribution >= 4 is 64.9 Å². The number of amides is 2. The van der Waals surface area contributed by atoms with Gasteiger partial charge in [0.1, 0.15) is 0 Å². The highest BCUT2D eigenvalue weighted by molar-refractivity contribution is 8.13. The Hall–Kier alpha value is -1.93. The molecule has 4 fully saturated rings. The molecule has 2 aromatic rings. The molecule has 0 bridgehead atoms. The summed E-state index contributed by atoms with van der Waals surface area (Å²) in [6, 6.07) is 15.3. The summed E-state index contributed by atoms with van der Waals surface area (Å²) < 4.78 is 46.1. The summed E-state index contributed by atoms with van der Waals surface area (Å²) in [5.74, 6) is 0.708. The van der Waals surface area contributed by atoms with Gasteiger partial charge in [-0.25, -0.2) is 8.42 Å². The number of aliphatic hydroxyl groups is 1. The largest absolute Gasteiger partial charge is 0.396 e. The number of benzene rings is 2. The Kier molecular flexibility index (Phi) is 14.7. The Labute approximate surface area is 317 Å². The number of carbonyl (C=O) groups is 2. The van der Waals surface area contributed by atoms with Crippen LogP contribution in [-0.2, 0) is 43.8 Å². The van der Waals surface area contributed by atoms with E-state index in [1.807, 2.05) is 58.3 Å². The minimum absolute atomic E-state index is 0.0646. The summed E-state index contributed by atoms with van der Waals surface area (Å²) in [6.45, 7) is 3.14. The lowest BCUT2D eigenvalue weighted by Crippen LogP contribution is -2.54. The minimum atomic E-state index is -3.45. The average molecular weight is 808 g/mol. The maximum absolute atomic E-state index is 13.3. The average Bonchev–Trinajstić information content (AvgIpc) is 3.04. The van der Waals surface area contributed by atoms with Gasteiger partial charge in [0, 0.05) is 59.4 Å². The van der Waals surface area contributed by atoms with Crippen LogP contribution in [0.2, 0.25) is 10.0 Å². The van der Waals surface area contributed by atoms with E-state index in [1.165, 1.54) is 0 Å². The van der Waals surface area contributed by atoms with E-state index in [0.29, 0.717) is 23.1 Å². The number of likely N-dealkylation sites (tertiary alicyclic amines) is 2. The second kappa shape index (κ2) is 17.9. The number of piperidine rings is 2.